The van der Waals surface area contributed by atoms with Crippen molar-refractivity contribution in [1.82, 2.24) is 0 Å². The molecule has 150 valence electrons. The summed E-state index contributed by atoms with van der Waals surface area (Å²) in [5, 5.41) is 0. The van der Waals surface area contributed by atoms with Gasteiger partial charge in [0.15, 0.2) is 6.29 Å². The van der Waals surface area contributed by atoms with Crippen LogP contribution in [-0.2, 0) is 9.47 Å². The molecular weight excluding hydrogens is 358 g/mol. The zero-order valence-electron chi connectivity index (χ0n) is 16.4. The zero-order valence-corrected chi connectivity index (χ0v) is 16.4. The van der Waals surface area contributed by atoms with E-state index in [1.165, 1.54) is 0 Å². The van der Waals surface area contributed by atoms with Crippen LogP contribution in [0.2, 0.25) is 0 Å². The van der Waals surface area contributed by atoms with Gasteiger partial charge in [0.25, 0.3) is 0 Å². The van der Waals surface area contributed by atoms with Gasteiger partial charge in [-0.3, -0.25) is 4.39 Å². The second-order valence-corrected chi connectivity index (χ2v) is 8.33. The Morgan fingerprint density at radius 3 is 2.14 bits per heavy atom. The van der Waals surface area contributed by atoms with Gasteiger partial charge < -0.3 is 9.47 Å². The number of hydrogen-bond acceptors (Lipinski definition) is 2. The molecule has 2 fully saturated rings. The van der Waals surface area contributed by atoms with E-state index in [-0.39, 0.29) is 30.6 Å². The molecule has 1 aliphatic heterocycles. The molecule has 2 aromatic rings. The van der Waals surface area contributed by atoms with Crippen molar-refractivity contribution >= 4 is 0 Å². The van der Waals surface area contributed by atoms with E-state index in [1.807, 2.05) is 36.4 Å². The Morgan fingerprint density at radius 1 is 0.893 bits per heavy atom. The van der Waals surface area contributed by atoms with Gasteiger partial charge in [0.2, 0.25) is 0 Å². The van der Waals surface area contributed by atoms with Crippen LogP contribution in [0.3, 0.4) is 0 Å². The number of rotatable bonds is 4. The summed E-state index contributed by atoms with van der Waals surface area (Å²) in [5.41, 5.74) is 3.59. The van der Waals surface area contributed by atoms with Crippen LogP contribution in [0, 0.1) is 17.7 Å². The van der Waals surface area contributed by atoms with Crippen LogP contribution in [-0.4, -0.2) is 19.9 Å². The first kappa shape index (κ1) is 19.5. The molecule has 0 N–H and O–H groups in total. The van der Waals surface area contributed by atoms with Crippen LogP contribution >= 0.6 is 0 Å². The Balaban J connectivity index is 1.45. The van der Waals surface area contributed by atoms with Crippen LogP contribution in [0.1, 0.15) is 55.9 Å². The van der Waals surface area contributed by atoms with Crippen molar-refractivity contribution in [2.45, 2.75) is 44.8 Å². The van der Waals surface area contributed by atoms with Gasteiger partial charge in [0.1, 0.15) is 5.82 Å². The van der Waals surface area contributed by atoms with Crippen LogP contribution in [0.25, 0.3) is 11.1 Å². The molecule has 2 nitrogen and oxygen atoms in total. The number of hydrogen-bond donors (Lipinski definition) is 0. The molecule has 2 aliphatic rings. The zero-order chi connectivity index (χ0) is 19.5. The topological polar surface area (TPSA) is 18.5 Å². The maximum Gasteiger partial charge on any atom is 0.183 e. The lowest BCUT2D eigenvalue weighted by Crippen LogP contribution is -2.24. The van der Waals surface area contributed by atoms with E-state index in [0.29, 0.717) is 19.1 Å². The number of ether oxygens (including phenoxy) is 2. The molecule has 1 aliphatic carbocycles. The predicted octanol–water partition coefficient (Wildman–Crippen LogP) is 6.42. The van der Waals surface area contributed by atoms with Gasteiger partial charge in [-0.15, -0.1) is 0 Å². The summed E-state index contributed by atoms with van der Waals surface area (Å²) in [6.45, 7) is 3.25. The van der Waals surface area contributed by atoms with Crippen LogP contribution in [0.5, 0.6) is 0 Å². The maximum atomic E-state index is 14.8. The van der Waals surface area contributed by atoms with E-state index in [2.05, 4.69) is 6.92 Å². The van der Waals surface area contributed by atoms with Crippen molar-refractivity contribution < 1.29 is 18.3 Å². The van der Waals surface area contributed by atoms with Gasteiger partial charge in [-0.05, 0) is 60.3 Å². The number of benzene rings is 2. The van der Waals surface area contributed by atoms with Crippen molar-refractivity contribution in [3.63, 3.8) is 0 Å². The largest absolute Gasteiger partial charge is 0.348 e. The molecule has 0 amide bonds. The van der Waals surface area contributed by atoms with Gasteiger partial charge in [0.05, 0.1) is 19.9 Å². The Labute approximate surface area is 165 Å². The average Bonchev–Trinajstić information content (AvgIpc) is 2.74. The van der Waals surface area contributed by atoms with Crippen LogP contribution in [0.15, 0.2) is 42.5 Å². The first-order valence-corrected chi connectivity index (χ1v) is 10.3. The quantitative estimate of drug-likeness (QED) is 0.604. The molecule has 2 aromatic carbocycles. The smallest absolute Gasteiger partial charge is 0.183 e. The van der Waals surface area contributed by atoms with Crippen molar-refractivity contribution in [2.75, 3.05) is 19.9 Å². The molecule has 1 heterocycles. The predicted molar refractivity (Wildman–Crippen MR) is 106 cm³/mol. The van der Waals surface area contributed by atoms with E-state index in [4.69, 9.17) is 9.47 Å². The van der Waals surface area contributed by atoms with E-state index >= 15 is 0 Å². The van der Waals surface area contributed by atoms with Crippen LogP contribution in [0.4, 0.5) is 8.78 Å². The summed E-state index contributed by atoms with van der Waals surface area (Å²) in [4.78, 5) is 0. The minimum Gasteiger partial charge on any atom is -0.348 e. The molecule has 0 bridgehead atoms. The third kappa shape index (κ3) is 4.28. The molecule has 1 saturated heterocycles. The lowest BCUT2D eigenvalue weighted by atomic mass is 9.79. The third-order valence-corrected chi connectivity index (χ3v) is 6.09. The van der Waals surface area contributed by atoms with Crippen molar-refractivity contribution in [2.24, 2.45) is 11.8 Å². The summed E-state index contributed by atoms with van der Waals surface area (Å²) in [6, 6.07) is 13.5. The molecule has 0 unspecified atom stereocenters. The van der Waals surface area contributed by atoms with Gasteiger partial charge in [-0.25, -0.2) is 4.39 Å². The highest BCUT2D eigenvalue weighted by atomic mass is 19.1. The maximum absolute atomic E-state index is 14.8. The summed E-state index contributed by atoms with van der Waals surface area (Å²) in [6.07, 6.45) is 3.14. The Hall–Kier alpha value is -1.78. The normalized spacial score (nSPS) is 28.2. The van der Waals surface area contributed by atoms with E-state index in [1.54, 1.807) is 6.07 Å². The molecule has 0 spiro atoms. The summed E-state index contributed by atoms with van der Waals surface area (Å²) in [7, 11) is 0. The molecule has 28 heavy (non-hydrogen) atoms. The highest BCUT2D eigenvalue weighted by Gasteiger charge is 2.24. The average molecular weight is 386 g/mol. The number of alkyl halides is 1. The van der Waals surface area contributed by atoms with Crippen LogP contribution < -0.4 is 0 Å². The third-order valence-electron chi connectivity index (χ3n) is 6.09. The second kappa shape index (κ2) is 8.71. The first-order chi connectivity index (χ1) is 13.6. The summed E-state index contributed by atoms with van der Waals surface area (Å²) < 4.78 is 39.1. The Morgan fingerprint density at radius 2 is 1.54 bits per heavy atom. The molecule has 4 rings (SSSR count). The van der Waals surface area contributed by atoms with Gasteiger partial charge in [-0.2, -0.15) is 0 Å². The van der Waals surface area contributed by atoms with Gasteiger partial charge in [-0.1, -0.05) is 43.3 Å². The van der Waals surface area contributed by atoms with Gasteiger partial charge >= 0.3 is 0 Å². The molecule has 4 heteroatoms. The fraction of sp³-hybridized carbons (Fsp3) is 0.500. The van der Waals surface area contributed by atoms with E-state index in [9.17, 15) is 8.78 Å². The second-order valence-electron chi connectivity index (χ2n) is 8.33. The molecule has 1 saturated carbocycles. The Bertz CT molecular complexity index is 774. The Kier molecular flexibility index (Phi) is 6.07. The standard InChI is InChI=1S/C24H28F2O2/c1-16-14-27-24(28-15-16)20-8-6-18(7-9-20)21-10-11-22(23(26)12-21)19-4-2-17(13-25)3-5-19/h6-12,16-17,19,24H,2-5,13-15H2,1H3. The molecule has 0 atom stereocenters. The van der Waals surface area contributed by atoms with E-state index < -0.39 is 0 Å². The van der Waals surface area contributed by atoms with E-state index in [0.717, 1.165) is 47.9 Å². The fourth-order valence-electron chi connectivity index (χ4n) is 4.29. The minimum absolute atomic E-state index is 0.154. The molecule has 0 radical (unpaired) electrons. The van der Waals surface area contributed by atoms with Crippen molar-refractivity contribution in [3.8, 4) is 11.1 Å². The fourth-order valence-corrected chi connectivity index (χ4v) is 4.29. The lowest BCUT2D eigenvalue weighted by molar-refractivity contribution is -0.202. The summed E-state index contributed by atoms with van der Waals surface area (Å²) in [5.74, 6) is 0.641. The first-order valence-electron chi connectivity index (χ1n) is 10.3. The van der Waals surface area contributed by atoms with Gasteiger partial charge in [0, 0.05) is 11.5 Å². The highest BCUT2D eigenvalue weighted by Crippen LogP contribution is 2.38. The van der Waals surface area contributed by atoms with Crippen molar-refractivity contribution in [1.29, 1.82) is 0 Å². The SMILES string of the molecule is CC1COC(c2ccc(-c3ccc(C4CCC(CF)CC4)c(F)c3)cc2)OC1. The minimum atomic E-state index is -0.316. The lowest BCUT2D eigenvalue weighted by Gasteiger charge is -2.28. The molecular formula is C24H28F2O2. The summed E-state index contributed by atoms with van der Waals surface area (Å²) >= 11 is 0. The highest BCUT2D eigenvalue weighted by molar-refractivity contribution is 5.64. The monoisotopic (exact) mass is 386 g/mol. The van der Waals surface area contributed by atoms with Crippen molar-refractivity contribution in [3.05, 3.63) is 59.4 Å². The number of halogens is 2. The molecule has 0 aromatic heterocycles.